The molecule has 2 heterocycles. The van der Waals surface area contributed by atoms with Crippen LogP contribution in [0.1, 0.15) is 66.4 Å². The Balaban J connectivity index is 1.48. The summed E-state index contributed by atoms with van der Waals surface area (Å²) >= 11 is 0. The number of rotatable bonds is 7. The van der Waals surface area contributed by atoms with Crippen LogP contribution in [0.15, 0.2) is 25.0 Å². The Kier molecular flexibility index (Phi) is 5.84. The molecule has 4 unspecified atom stereocenters. The van der Waals surface area contributed by atoms with Crippen LogP contribution >= 0.6 is 0 Å². The minimum absolute atomic E-state index is 0.0100. The first-order chi connectivity index (χ1) is 14.9. The van der Waals surface area contributed by atoms with Gasteiger partial charge >= 0.3 is 5.97 Å². The molecule has 9 heteroatoms. The number of hydrogen-bond acceptors (Lipinski definition) is 6. The molecule has 9 nitrogen and oxygen atoms in total. The number of carboxylic acid groups (broad SMARTS) is 1. The van der Waals surface area contributed by atoms with E-state index in [9.17, 15) is 19.5 Å². The maximum atomic E-state index is 13.1. The van der Waals surface area contributed by atoms with E-state index in [1.165, 1.54) is 16.9 Å². The largest absolute Gasteiger partial charge is 0.477 e. The highest BCUT2D eigenvalue weighted by molar-refractivity contribution is 5.96. The molecular weight excluding hydrogens is 398 g/mol. The van der Waals surface area contributed by atoms with E-state index in [2.05, 4.69) is 33.9 Å². The molecule has 2 fully saturated rings. The second-order valence-corrected chi connectivity index (χ2v) is 8.63. The average molecular weight is 425 g/mol. The van der Waals surface area contributed by atoms with Crippen molar-refractivity contribution in [3.05, 3.63) is 36.4 Å². The van der Waals surface area contributed by atoms with Gasteiger partial charge in [0.05, 0.1) is 0 Å². The van der Waals surface area contributed by atoms with Gasteiger partial charge in [0, 0.05) is 24.4 Å². The highest BCUT2D eigenvalue weighted by Crippen LogP contribution is 2.48. The summed E-state index contributed by atoms with van der Waals surface area (Å²) in [7, 11) is 0. The topological polar surface area (TPSA) is 127 Å². The molecule has 2 aliphatic rings. The number of allylic oxidation sites excluding steroid dienone is 1. The summed E-state index contributed by atoms with van der Waals surface area (Å²) in [6, 6.07) is 1.22. The van der Waals surface area contributed by atoms with E-state index < -0.39 is 5.97 Å². The second-order valence-electron chi connectivity index (χ2n) is 8.63. The zero-order valence-corrected chi connectivity index (χ0v) is 17.5. The van der Waals surface area contributed by atoms with Crippen LogP contribution in [0.5, 0.6) is 0 Å². The summed E-state index contributed by atoms with van der Waals surface area (Å²) in [5.41, 5.74) is -0.146. The molecule has 2 aliphatic carbocycles. The molecule has 1 amide bonds. The Morgan fingerprint density at radius 1 is 1.26 bits per heavy atom. The molecule has 0 radical (unpaired) electrons. The van der Waals surface area contributed by atoms with Crippen molar-refractivity contribution in [3.8, 4) is 0 Å². The first-order valence-electron chi connectivity index (χ1n) is 10.8. The van der Waals surface area contributed by atoms with Gasteiger partial charge in [0.15, 0.2) is 5.69 Å². The smallest absolute Gasteiger partial charge is 0.354 e. The summed E-state index contributed by atoms with van der Waals surface area (Å²) in [5.74, 6) is -0.129. The number of fused-ring (bicyclic) bond motifs is 2. The van der Waals surface area contributed by atoms with Gasteiger partial charge in [0.1, 0.15) is 17.8 Å². The molecule has 31 heavy (non-hydrogen) atoms. The van der Waals surface area contributed by atoms with Crippen LogP contribution in [0.2, 0.25) is 0 Å². The van der Waals surface area contributed by atoms with Gasteiger partial charge in [-0.1, -0.05) is 13.0 Å². The zero-order chi connectivity index (χ0) is 22.1. The molecular formula is C22H27N5O4. The fraction of sp³-hybridized carbons (Fsp3) is 0.545. The van der Waals surface area contributed by atoms with Gasteiger partial charge in [0.2, 0.25) is 0 Å². The summed E-state index contributed by atoms with van der Waals surface area (Å²) in [6.45, 7) is 5.87. The average Bonchev–Trinajstić information content (AvgIpc) is 3.39. The Labute approximate surface area is 180 Å². The molecule has 4 rings (SSSR count). The lowest BCUT2D eigenvalue weighted by molar-refractivity contribution is -0.126. The molecule has 0 aliphatic heterocycles. The summed E-state index contributed by atoms with van der Waals surface area (Å²) < 4.78 is 1.26. The van der Waals surface area contributed by atoms with Gasteiger partial charge in [-0.2, -0.15) is 14.6 Å². The number of hydrogen-bond donors (Lipinski definition) is 2. The lowest BCUT2D eigenvalue weighted by Gasteiger charge is -2.39. The van der Waals surface area contributed by atoms with E-state index in [0.29, 0.717) is 30.0 Å². The lowest BCUT2D eigenvalue weighted by atomic mass is 9.66. The Morgan fingerprint density at radius 2 is 2.03 bits per heavy atom. The fourth-order valence-electron chi connectivity index (χ4n) is 5.49. The monoisotopic (exact) mass is 425 g/mol. The predicted octanol–water partition coefficient (Wildman–Crippen LogP) is 2.53. The van der Waals surface area contributed by atoms with Crippen molar-refractivity contribution in [2.45, 2.75) is 51.5 Å². The number of nitrogens with zero attached hydrogens (tertiary/aromatic N) is 4. The number of carbonyl (C=O) groups is 3. The van der Waals surface area contributed by atoms with Gasteiger partial charge in [-0.3, -0.25) is 9.59 Å². The Morgan fingerprint density at radius 3 is 2.77 bits per heavy atom. The fourth-order valence-corrected chi connectivity index (χ4v) is 5.49. The van der Waals surface area contributed by atoms with Crippen molar-refractivity contribution >= 4 is 23.4 Å². The van der Waals surface area contributed by atoms with Crippen LogP contribution in [-0.2, 0) is 4.79 Å². The number of nitrogens with one attached hydrogen (secondary N) is 1. The SMILES string of the molecule is C=CCCC(=O)C1CCC2C(CC[C@@H]2NC(=O)c2cc(C(=O)O)nc3ncnn23)C1C. The Bertz CT molecular complexity index is 1030. The van der Waals surface area contributed by atoms with Gasteiger partial charge in [0.25, 0.3) is 11.7 Å². The third-order valence-corrected chi connectivity index (χ3v) is 7.03. The normalized spacial score (nSPS) is 27.6. The highest BCUT2D eigenvalue weighted by Gasteiger charge is 2.46. The van der Waals surface area contributed by atoms with Crippen molar-refractivity contribution in [2.24, 2.45) is 23.7 Å². The number of aromatic carboxylic acids is 1. The molecule has 0 spiro atoms. The second kappa shape index (κ2) is 8.56. The number of ketones is 1. The minimum Gasteiger partial charge on any atom is -0.477 e. The van der Waals surface area contributed by atoms with E-state index in [1.807, 2.05) is 0 Å². The van der Waals surface area contributed by atoms with Gasteiger partial charge in [-0.05, 0) is 49.9 Å². The van der Waals surface area contributed by atoms with Crippen LogP contribution in [0.25, 0.3) is 5.78 Å². The quantitative estimate of drug-likeness (QED) is 0.653. The van der Waals surface area contributed by atoms with E-state index in [1.54, 1.807) is 6.08 Å². The van der Waals surface area contributed by atoms with Crippen molar-refractivity contribution < 1.29 is 19.5 Å². The molecule has 2 saturated carbocycles. The summed E-state index contributed by atoms with van der Waals surface area (Å²) in [6.07, 6.45) is 7.86. The van der Waals surface area contributed by atoms with Crippen molar-refractivity contribution in [2.75, 3.05) is 0 Å². The molecule has 2 N–H and O–H groups in total. The van der Waals surface area contributed by atoms with Crippen LogP contribution in [0, 0.1) is 23.7 Å². The predicted molar refractivity (Wildman–Crippen MR) is 112 cm³/mol. The van der Waals surface area contributed by atoms with Crippen molar-refractivity contribution in [1.82, 2.24) is 24.9 Å². The number of Topliss-reactive ketones (excluding diaryl/α,β-unsaturated/α-hetero) is 1. The van der Waals surface area contributed by atoms with E-state index in [4.69, 9.17) is 0 Å². The van der Waals surface area contributed by atoms with Crippen LogP contribution in [0.4, 0.5) is 0 Å². The zero-order valence-electron chi connectivity index (χ0n) is 17.5. The van der Waals surface area contributed by atoms with Crippen LogP contribution in [0.3, 0.4) is 0 Å². The van der Waals surface area contributed by atoms with Gasteiger partial charge < -0.3 is 10.4 Å². The molecule has 2 aromatic rings. The third-order valence-electron chi connectivity index (χ3n) is 7.03. The first-order valence-corrected chi connectivity index (χ1v) is 10.8. The summed E-state index contributed by atoms with van der Waals surface area (Å²) in [4.78, 5) is 44.8. The van der Waals surface area contributed by atoms with E-state index in [-0.39, 0.29) is 35.0 Å². The Hall–Kier alpha value is -3.10. The molecule has 5 atom stereocenters. The maximum Gasteiger partial charge on any atom is 0.354 e. The maximum absolute atomic E-state index is 13.1. The van der Waals surface area contributed by atoms with Gasteiger partial charge in [-0.25, -0.2) is 9.78 Å². The number of carbonyl (C=O) groups excluding carboxylic acids is 2. The third kappa shape index (κ3) is 3.96. The molecule has 164 valence electrons. The van der Waals surface area contributed by atoms with E-state index >= 15 is 0 Å². The van der Waals surface area contributed by atoms with E-state index in [0.717, 1.165) is 32.1 Å². The molecule has 0 bridgehead atoms. The number of aromatic nitrogens is 4. The summed E-state index contributed by atoms with van der Waals surface area (Å²) in [5, 5.41) is 16.4. The van der Waals surface area contributed by atoms with Crippen molar-refractivity contribution in [1.29, 1.82) is 0 Å². The molecule has 2 aromatic heterocycles. The van der Waals surface area contributed by atoms with Crippen molar-refractivity contribution in [3.63, 3.8) is 0 Å². The van der Waals surface area contributed by atoms with Crippen LogP contribution in [-0.4, -0.2) is 48.4 Å². The van der Waals surface area contributed by atoms with Crippen LogP contribution < -0.4 is 5.32 Å². The highest BCUT2D eigenvalue weighted by atomic mass is 16.4. The first kappa shape index (κ1) is 21.1. The standard InChI is InChI=1S/C22H27N5O4/c1-3-4-5-19(28)14-6-7-15-13(12(14)2)8-9-16(15)25-20(29)18-10-17(21(30)31)26-22-23-11-24-27(18)22/h3,10-16H,1,4-9H2,2H3,(H,25,29)(H,30,31)/t12?,13?,14?,15?,16-/m0/s1. The molecule has 0 saturated heterocycles. The van der Waals surface area contributed by atoms with Gasteiger partial charge in [-0.15, -0.1) is 6.58 Å². The minimum atomic E-state index is -1.23. The number of carboxylic acids is 1. The molecule has 0 aromatic carbocycles. The lowest BCUT2D eigenvalue weighted by Crippen LogP contribution is -2.44. The number of amides is 1.